The lowest BCUT2D eigenvalue weighted by atomic mass is 9.72. The second kappa shape index (κ2) is 10.6. The van der Waals surface area contributed by atoms with Crippen LogP contribution < -0.4 is 0 Å². The van der Waals surface area contributed by atoms with E-state index in [1.807, 2.05) is 12.1 Å². The first-order chi connectivity index (χ1) is 16.3. The molecular formula is C30H40F4. The van der Waals surface area contributed by atoms with Crippen LogP contribution in [0.3, 0.4) is 0 Å². The van der Waals surface area contributed by atoms with Crippen LogP contribution in [0.4, 0.5) is 17.6 Å². The van der Waals surface area contributed by atoms with E-state index in [0.717, 1.165) is 50.0 Å². The van der Waals surface area contributed by atoms with Gasteiger partial charge in [-0.25, -0.2) is 0 Å². The van der Waals surface area contributed by atoms with Crippen LogP contribution in [0.5, 0.6) is 0 Å². The summed E-state index contributed by atoms with van der Waals surface area (Å²) in [5.74, 6) is -6.99. The molecule has 0 amide bonds. The molecule has 0 N–H and O–H groups in total. The van der Waals surface area contributed by atoms with Crippen molar-refractivity contribution in [3.8, 4) is 0 Å². The number of allylic oxidation sites excluding steroid dienone is 4. The average molecular weight is 477 g/mol. The molecule has 4 rings (SSSR count). The van der Waals surface area contributed by atoms with Gasteiger partial charge in [-0.2, -0.15) is 17.6 Å². The maximum absolute atomic E-state index is 15.2. The molecule has 0 saturated heterocycles. The van der Waals surface area contributed by atoms with Crippen LogP contribution in [0.15, 0.2) is 42.0 Å². The van der Waals surface area contributed by atoms with Gasteiger partial charge >= 0.3 is 11.8 Å². The van der Waals surface area contributed by atoms with E-state index in [1.54, 1.807) is 12.1 Å². The van der Waals surface area contributed by atoms with Gasteiger partial charge in [-0.1, -0.05) is 75.9 Å². The smallest absolute Gasteiger partial charge is 0.194 e. The molecule has 3 aliphatic rings. The summed E-state index contributed by atoms with van der Waals surface area (Å²) in [6.07, 6.45) is 14.8. The molecule has 0 aromatic heterocycles. The summed E-state index contributed by atoms with van der Waals surface area (Å²) in [4.78, 5) is 0. The highest BCUT2D eigenvalue weighted by atomic mass is 19.3. The van der Waals surface area contributed by atoms with E-state index in [0.29, 0.717) is 24.7 Å². The minimum absolute atomic E-state index is 0.204. The second-order valence-electron chi connectivity index (χ2n) is 11.0. The third-order valence-corrected chi connectivity index (χ3v) is 8.74. The Morgan fingerprint density at radius 2 is 1.15 bits per heavy atom. The predicted octanol–water partition coefficient (Wildman–Crippen LogP) is 9.96. The third-order valence-electron chi connectivity index (χ3n) is 8.74. The van der Waals surface area contributed by atoms with Gasteiger partial charge in [0.05, 0.1) is 0 Å². The summed E-state index contributed by atoms with van der Waals surface area (Å²) in [5, 5.41) is 0. The van der Waals surface area contributed by atoms with Crippen molar-refractivity contribution in [2.45, 2.75) is 109 Å². The van der Waals surface area contributed by atoms with Crippen LogP contribution in [0.1, 0.15) is 108 Å². The lowest BCUT2D eigenvalue weighted by Gasteiger charge is -2.39. The van der Waals surface area contributed by atoms with Gasteiger partial charge in [0.1, 0.15) is 0 Å². The fraction of sp³-hybridized carbons (Fsp3) is 0.667. The van der Waals surface area contributed by atoms with Crippen molar-refractivity contribution in [3.63, 3.8) is 0 Å². The Kier molecular flexibility index (Phi) is 7.94. The first kappa shape index (κ1) is 25.5. The van der Waals surface area contributed by atoms with Gasteiger partial charge < -0.3 is 0 Å². The Hall–Kier alpha value is -1.58. The highest BCUT2D eigenvalue weighted by Crippen LogP contribution is 2.54. The normalized spacial score (nSPS) is 31.0. The van der Waals surface area contributed by atoms with Crippen LogP contribution >= 0.6 is 0 Å². The summed E-state index contributed by atoms with van der Waals surface area (Å²) >= 11 is 0. The van der Waals surface area contributed by atoms with E-state index in [-0.39, 0.29) is 11.1 Å². The van der Waals surface area contributed by atoms with Gasteiger partial charge in [-0.15, -0.1) is 0 Å². The molecule has 0 radical (unpaired) electrons. The Balaban J connectivity index is 1.49. The number of hydrogen-bond acceptors (Lipinski definition) is 0. The van der Waals surface area contributed by atoms with Crippen LogP contribution in [-0.2, 0) is 0 Å². The predicted molar refractivity (Wildman–Crippen MR) is 132 cm³/mol. The Labute approximate surface area is 202 Å². The molecule has 4 heteroatoms. The fourth-order valence-electron chi connectivity index (χ4n) is 6.70. The van der Waals surface area contributed by atoms with Crippen molar-refractivity contribution in [2.75, 3.05) is 0 Å². The second-order valence-corrected chi connectivity index (χ2v) is 11.0. The molecule has 0 unspecified atom stereocenters. The van der Waals surface area contributed by atoms with Gasteiger partial charge in [0, 0.05) is 11.1 Å². The Morgan fingerprint density at radius 1 is 0.647 bits per heavy atom. The molecule has 0 nitrogen and oxygen atoms in total. The molecule has 0 atom stereocenters. The van der Waals surface area contributed by atoms with Gasteiger partial charge in [-0.05, 0) is 86.2 Å². The lowest BCUT2D eigenvalue weighted by Crippen LogP contribution is -2.46. The zero-order valence-corrected chi connectivity index (χ0v) is 20.8. The Bertz CT molecular complexity index is 864. The highest BCUT2D eigenvalue weighted by Gasteiger charge is 2.63. The van der Waals surface area contributed by atoms with Crippen LogP contribution in [-0.4, -0.2) is 11.8 Å². The highest BCUT2D eigenvalue weighted by molar-refractivity contribution is 5.76. The van der Waals surface area contributed by atoms with E-state index in [9.17, 15) is 0 Å². The van der Waals surface area contributed by atoms with Crippen molar-refractivity contribution < 1.29 is 17.6 Å². The van der Waals surface area contributed by atoms with Gasteiger partial charge in [0.25, 0.3) is 0 Å². The summed E-state index contributed by atoms with van der Waals surface area (Å²) in [6, 6.07) is 7.00. The summed E-state index contributed by atoms with van der Waals surface area (Å²) in [5.41, 5.74) is 0.427. The zero-order valence-electron chi connectivity index (χ0n) is 20.8. The maximum atomic E-state index is 15.2. The lowest BCUT2D eigenvalue weighted by molar-refractivity contribution is -0.154. The number of halogens is 4. The molecule has 34 heavy (non-hydrogen) atoms. The van der Waals surface area contributed by atoms with Crippen molar-refractivity contribution in [1.82, 2.24) is 0 Å². The van der Waals surface area contributed by atoms with E-state index in [4.69, 9.17) is 0 Å². The van der Waals surface area contributed by atoms with Crippen LogP contribution in [0.2, 0.25) is 0 Å². The molecule has 0 bridgehead atoms. The van der Waals surface area contributed by atoms with Crippen molar-refractivity contribution in [2.24, 2.45) is 17.8 Å². The third kappa shape index (κ3) is 5.02. The molecule has 0 aliphatic heterocycles. The fourth-order valence-corrected chi connectivity index (χ4v) is 6.70. The van der Waals surface area contributed by atoms with Crippen LogP contribution in [0.25, 0.3) is 5.57 Å². The molecule has 0 spiro atoms. The molecular weight excluding hydrogens is 436 g/mol. The molecule has 2 fully saturated rings. The molecule has 2 saturated carbocycles. The summed E-state index contributed by atoms with van der Waals surface area (Å²) in [6.45, 7) is 4.35. The quantitative estimate of drug-likeness (QED) is 0.343. The van der Waals surface area contributed by atoms with Crippen molar-refractivity contribution in [3.05, 3.63) is 53.1 Å². The van der Waals surface area contributed by atoms with Gasteiger partial charge in [0.2, 0.25) is 0 Å². The minimum Gasteiger partial charge on any atom is -0.194 e. The summed E-state index contributed by atoms with van der Waals surface area (Å²) < 4.78 is 60.9. The van der Waals surface area contributed by atoms with E-state index < -0.39 is 23.3 Å². The monoisotopic (exact) mass is 476 g/mol. The topological polar surface area (TPSA) is 0 Å². The van der Waals surface area contributed by atoms with Gasteiger partial charge in [0.15, 0.2) is 0 Å². The molecule has 0 heterocycles. The number of benzene rings is 1. The largest absolute Gasteiger partial charge is 0.339 e. The maximum Gasteiger partial charge on any atom is 0.339 e. The summed E-state index contributed by atoms with van der Waals surface area (Å²) in [7, 11) is 0. The molecule has 3 aliphatic carbocycles. The minimum atomic E-state index is -4.20. The number of rotatable bonds is 7. The first-order valence-corrected chi connectivity index (χ1v) is 13.6. The standard InChI is InChI=1S/C30H40F4/c1-3-5-21-7-11-23(12-8-21)24-15-17-26(18-16-24)28-20-19-27(29(31,32)30(28,33)34)25-13-9-22(6-4-2)10-14-25/h15-23,25H,3-14H2,1-2H3. The molecule has 1 aromatic carbocycles. The van der Waals surface area contributed by atoms with E-state index in [1.165, 1.54) is 37.8 Å². The van der Waals surface area contributed by atoms with Crippen molar-refractivity contribution in [1.29, 1.82) is 0 Å². The van der Waals surface area contributed by atoms with E-state index >= 15 is 17.6 Å². The van der Waals surface area contributed by atoms with Crippen LogP contribution in [0, 0.1) is 17.8 Å². The Morgan fingerprint density at radius 3 is 1.65 bits per heavy atom. The first-order valence-electron chi connectivity index (χ1n) is 13.6. The molecule has 188 valence electrons. The van der Waals surface area contributed by atoms with Crippen molar-refractivity contribution >= 4 is 5.57 Å². The van der Waals surface area contributed by atoms with E-state index in [2.05, 4.69) is 13.8 Å². The SMILES string of the molecule is CCCC1CCC(C2=CC=C(c3ccc(C4CCC(CCC)CC4)cc3)C(F)(F)C2(F)F)CC1. The molecule has 1 aromatic rings. The average Bonchev–Trinajstić information content (AvgIpc) is 2.83. The zero-order chi connectivity index (χ0) is 24.3. The number of alkyl halides is 4. The van der Waals surface area contributed by atoms with Gasteiger partial charge in [-0.3, -0.25) is 0 Å². The number of hydrogen-bond donors (Lipinski definition) is 0.